The zero-order chi connectivity index (χ0) is 13.0. The van der Waals surface area contributed by atoms with Gasteiger partial charge in [0.05, 0.1) is 0 Å². The number of benzene rings is 1. The molecule has 0 amide bonds. The van der Waals surface area contributed by atoms with Crippen LogP contribution in [-0.2, 0) is 6.42 Å². The Morgan fingerprint density at radius 2 is 2.28 bits per heavy atom. The standard InChI is InChI=1S/C15H19ClFN/c1-11(3-2-8-18-14-6-7-14)9-12-4-5-13(16)10-15(12)17/h3-5,10,14,18H,2,6-9H2,1H3/b11-3-. The van der Waals surface area contributed by atoms with Crippen molar-refractivity contribution in [3.63, 3.8) is 0 Å². The van der Waals surface area contributed by atoms with E-state index in [1.165, 1.54) is 24.5 Å². The molecule has 3 heteroatoms. The molecule has 18 heavy (non-hydrogen) atoms. The number of allylic oxidation sites excluding steroid dienone is 1. The highest BCUT2D eigenvalue weighted by Gasteiger charge is 2.19. The summed E-state index contributed by atoms with van der Waals surface area (Å²) in [4.78, 5) is 0. The number of hydrogen-bond donors (Lipinski definition) is 1. The van der Waals surface area contributed by atoms with Gasteiger partial charge in [0.1, 0.15) is 5.82 Å². The van der Waals surface area contributed by atoms with E-state index in [9.17, 15) is 4.39 Å². The minimum atomic E-state index is -0.216. The van der Waals surface area contributed by atoms with Crippen LogP contribution in [0.1, 0.15) is 31.7 Å². The Bertz CT molecular complexity index is 438. The largest absolute Gasteiger partial charge is 0.314 e. The minimum Gasteiger partial charge on any atom is -0.314 e. The summed E-state index contributed by atoms with van der Waals surface area (Å²) in [6.45, 7) is 3.07. The summed E-state index contributed by atoms with van der Waals surface area (Å²) in [5.74, 6) is -0.216. The second-order valence-corrected chi connectivity index (χ2v) is 5.42. The number of halogens is 2. The van der Waals surface area contributed by atoms with E-state index in [0.29, 0.717) is 17.0 Å². The van der Waals surface area contributed by atoms with Crippen molar-refractivity contribution in [2.75, 3.05) is 6.54 Å². The summed E-state index contributed by atoms with van der Waals surface area (Å²) in [5.41, 5.74) is 1.91. The van der Waals surface area contributed by atoms with Gasteiger partial charge in [0.2, 0.25) is 0 Å². The lowest BCUT2D eigenvalue weighted by Crippen LogP contribution is -2.16. The van der Waals surface area contributed by atoms with Gasteiger partial charge in [0, 0.05) is 11.1 Å². The number of nitrogens with one attached hydrogen (secondary N) is 1. The summed E-state index contributed by atoms with van der Waals surface area (Å²) in [6.07, 6.45) is 6.49. The Morgan fingerprint density at radius 1 is 1.50 bits per heavy atom. The summed E-state index contributed by atoms with van der Waals surface area (Å²) in [6, 6.07) is 5.63. The maximum absolute atomic E-state index is 13.6. The van der Waals surface area contributed by atoms with Crippen LogP contribution in [0.25, 0.3) is 0 Å². The van der Waals surface area contributed by atoms with Crippen LogP contribution in [0, 0.1) is 5.82 Å². The Balaban J connectivity index is 1.80. The molecule has 0 heterocycles. The molecule has 1 aromatic carbocycles. The highest BCUT2D eigenvalue weighted by atomic mass is 35.5. The van der Waals surface area contributed by atoms with Crippen LogP contribution in [0.5, 0.6) is 0 Å². The van der Waals surface area contributed by atoms with Gasteiger partial charge in [-0.2, -0.15) is 0 Å². The first-order valence-corrected chi connectivity index (χ1v) is 6.86. The number of hydrogen-bond acceptors (Lipinski definition) is 1. The second kappa shape index (κ2) is 6.35. The van der Waals surface area contributed by atoms with Gasteiger partial charge in [-0.05, 0) is 56.8 Å². The predicted molar refractivity (Wildman–Crippen MR) is 74.5 cm³/mol. The fourth-order valence-electron chi connectivity index (χ4n) is 1.93. The third-order valence-electron chi connectivity index (χ3n) is 3.13. The van der Waals surface area contributed by atoms with Crippen LogP contribution in [-0.4, -0.2) is 12.6 Å². The van der Waals surface area contributed by atoms with Crippen LogP contribution < -0.4 is 5.32 Å². The van der Waals surface area contributed by atoms with E-state index in [1.807, 2.05) is 6.92 Å². The van der Waals surface area contributed by atoms with Crippen molar-refractivity contribution < 1.29 is 4.39 Å². The normalized spacial score (nSPS) is 16.1. The van der Waals surface area contributed by atoms with Gasteiger partial charge in [-0.1, -0.05) is 29.3 Å². The molecule has 1 nitrogen and oxygen atoms in total. The lowest BCUT2D eigenvalue weighted by molar-refractivity contribution is 0.613. The van der Waals surface area contributed by atoms with Crippen LogP contribution in [0.3, 0.4) is 0 Å². The van der Waals surface area contributed by atoms with Crippen molar-refractivity contribution in [1.82, 2.24) is 5.32 Å². The molecule has 98 valence electrons. The topological polar surface area (TPSA) is 12.0 Å². The molecular formula is C15H19ClFN. The zero-order valence-electron chi connectivity index (χ0n) is 10.7. The van der Waals surface area contributed by atoms with E-state index >= 15 is 0 Å². The van der Waals surface area contributed by atoms with Gasteiger partial charge in [-0.3, -0.25) is 0 Å². The quantitative estimate of drug-likeness (QED) is 0.604. The minimum absolute atomic E-state index is 0.216. The maximum atomic E-state index is 13.6. The summed E-state index contributed by atoms with van der Waals surface area (Å²) in [5, 5.41) is 3.91. The molecule has 0 radical (unpaired) electrons. The van der Waals surface area contributed by atoms with Gasteiger partial charge < -0.3 is 5.32 Å². The fraction of sp³-hybridized carbons (Fsp3) is 0.467. The smallest absolute Gasteiger partial charge is 0.128 e. The molecule has 0 atom stereocenters. The zero-order valence-corrected chi connectivity index (χ0v) is 11.4. The third-order valence-corrected chi connectivity index (χ3v) is 3.37. The van der Waals surface area contributed by atoms with Gasteiger partial charge in [-0.15, -0.1) is 0 Å². The van der Waals surface area contributed by atoms with E-state index in [1.54, 1.807) is 12.1 Å². The van der Waals surface area contributed by atoms with Crippen molar-refractivity contribution >= 4 is 11.6 Å². The highest BCUT2D eigenvalue weighted by Crippen LogP contribution is 2.19. The first-order valence-electron chi connectivity index (χ1n) is 6.48. The molecule has 1 aliphatic carbocycles. The Hall–Kier alpha value is -0.860. The second-order valence-electron chi connectivity index (χ2n) is 4.98. The molecule has 1 fully saturated rings. The predicted octanol–water partition coefficient (Wildman–Crippen LogP) is 4.11. The van der Waals surface area contributed by atoms with Crippen LogP contribution >= 0.6 is 11.6 Å². The van der Waals surface area contributed by atoms with Gasteiger partial charge in [0.25, 0.3) is 0 Å². The molecule has 0 saturated heterocycles. The molecule has 0 aliphatic heterocycles. The summed E-state index contributed by atoms with van der Waals surface area (Å²) < 4.78 is 13.6. The molecule has 0 aromatic heterocycles. The molecular weight excluding hydrogens is 249 g/mol. The average molecular weight is 268 g/mol. The van der Waals surface area contributed by atoms with Crippen molar-refractivity contribution in [2.45, 2.75) is 38.6 Å². The molecule has 1 aromatic rings. The molecule has 1 saturated carbocycles. The van der Waals surface area contributed by atoms with Crippen molar-refractivity contribution in [2.24, 2.45) is 0 Å². The van der Waals surface area contributed by atoms with Crippen molar-refractivity contribution in [3.8, 4) is 0 Å². The fourth-order valence-corrected chi connectivity index (χ4v) is 2.09. The first kappa shape index (κ1) is 13.6. The van der Waals surface area contributed by atoms with Crippen LogP contribution in [0.15, 0.2) is 29.8 Å². The van der Waals surface area contributed by atoms with Crippen molar-refractivity contribution in [3.05, 3.63) is 46.3 Å². The van der Waals surface area contributed by atoms with E-state index in [-0.39, 0.29) is 5.82 Å². The lowest BCUT2D eigenvalue weighted by atomic mass is 10.0. The third kappa shape index (κ3) is 4.43. The molecule has 1 aliphatic rings. The summed E-state index contributed by atoms with van der Waals surface area (Å²) in [7, 11) is 0. The van der Waals surface area contributed by atoms with E-state index in [2.05, 4.69) is 11.4 Å². The van der Waals surface area contributed by atoms with Gasteiger partial charge >= 0.3 is 0 Å². The monoisotopic (exact) mass is 267 g/mol. The van der Waals surface area contributed by atoms with E-state index in [4.69, 9.17) is 11.6 Å². The molecule has 0 unspecified atom stereocenters. The SMILES string of the molecule is C/C(=C/CCNC1CC1)Cc1ccc(Cl)cc1F. The number of rotatable bonds is 6. The van der Waals surface area contributed by atoms with E-state index < -0.39 is 0 Å². The van der Waals surface area contributed by atoms with E-state index in [0.717, 1.165) is 19.0 Å². The molecule has 1 N–H and O–H groups in total. The van der Waals surface area contributed by atoms with Gasteiger partial charge in [0.15, 0.2) is 0 Å². The van der Waals surface area contributed by atoms with Gasteiger partial charge in [-0.25, -0.2) is 4.39 Å². The Morgan fingerprint density at radius 3 is 2.94 bits per heavy atom. The maximum Gasteiger partial charge on any atom is 0.128 e. The first-order chi connectivity index (χ1) is 8.65. The Labute approximate surface area is 113 Å². The van der Waals surface area contributed by atoms with Crippen molar-refractivity contribution in [1.29, 1.82) is 0 Å². The lowest BCUT2D eigenvalue weighted by Gasteiger charge is -2.05. The Kier molecular flexibility index (Phi) is 4.79. The van der Waals surface area contributed by atoms with Crippen LogP contribution in [0.2, 0.25) is 5.02 Å². The molecule has 0 bridgehead atoms. The molecule has 2 rings (SSSR count). The molecule has 0 spiro atoms. The highest BCUT2D eigenvalue weighted by molar-refractivity contribution is 6.30. The summed E-state index contributed by atoms with van der Waals surface area (Å²) >= 11 is 5.73. The average Bonchev–Trinajstić information content (AvgIpc) is 3.12. The van der Waals surface area contributed by atoms with Crippen LogP contribution in [0.4, 0.5) is 4.39 Å².